The highest BCUT2D eigenvalue weighted by Gasteiger charge is 2.45. The molecule has 0 saturated heterocycles. The van der Waals surface area contributed by atoms with Gasteiger partial charge in [-0.25, -0.2) is 0 Å². The molecule has 1 aromatic heterocycles. The van der Waals surface area contributed by atoms with E-state index >= 15 is 0 Å². The molecule has 66 valence electrons. The van der Waals surface area contributed by atoms with E-state index in [1.807, 2.05) is 18.7 Å². The predicted octanol–water partition coefficient (Wildman–Crippen LogP) is 0.719. The highest BCUT2D eigenvalue weighted by Crippen LogP contribution is 2.46. The molecule has 0 aliphatic heterocycles. The van der Waals surface area contributed by atoms with Crippen LogP contribution in [0.5, 0.6) is 0 Å². The molecule has 0 bridgehead atoms. The van der Waals surface area contributed by atoms with Crippen molar-refractivity contribution >= 4 is 0 Å². The summed E-state index contributed by atoms with van der Waals surface area (Å²) < 4.78 is 1.97. The summed E-state index contributed by atoms with van der Waals surface area (Å²) in [5.41, 5.74) is 8.41. The Hall–Kier alpha value is -0.830. The third-order valence-corrected chi connectivity index (χ3v) is 2.79. The van der Waals surface area contributed by atoms with Crippen LogP contribution in [0.3, 0.4) is 0 Å². The summed E-state index contributed by atoms with van der Waals surface area (Å²) in [6.45, 7) is 2.78. The van der Waals surface area contributed by atoms with Crippen LogP contribution in [-0.4, -0.2) is 16.3 Å². The number of aromatic nitrogens is 2. The van der Waals surface area contributed by atoms with Gasteiger partial charge in [0.25, 0.3) is 0 Å². The van der Waals surface area contributed by atoms with Gasteiger partial charge in [0.15, 0.2) is 0 Å². The number of hydrogen-bond acceptors (Lipinski definition) is 2. The molecule has 2 N–H and O–H groups in total. The minimum atomic E-state index is 0.274. The van der Waals surface area contributed by atoms with Crippen molar-refractivity contribution in [1.82, 2.24) is 9.78 Å². The first kappa shape index (κ1) is 7.80. The van der Waals surface area contributed by atoms with E-state index in [9.17, 15) is 0 Å². The molecule has 1 saturated carbocycles. The first-order valence-corrected chi connectivity index (χ1v) is 4.39. The van der Waals surface area contributed by atoms with Gasteiger partial charge < -0.3 is 5.73 Å². The normalized spacial score (nSPS) is 19.6. The molecule has 0 atom stereocenters. The van der Waals surface area contributed by atoms with Crippen molar-refractivity contribution in [2.24, 2.45) is 12.8 Å². The maximum Gasteiger partial charge on any atom is 0.0596 e. The molecule has 1 heterocycles. The molecule has 1 aliphatic rings. The molecule has 0 radical (unpaired) electrons. The second-order valence-corrected chi connectivity index (χ2v) is 3.78. The second-order valence-electron chi connectivity index (χ2n) is 3.78. The topological polar surface area (TPSA) is 43.8 Å². The molecular weight excluding hydrogens is 150 g/mol. The average Bonchev–Trinajstić information content (AvgIpc) is 2.74. The summed E-state index contributed by atoms with van der Waals surface area (Å²) in [5.74, 6) is 0. The van der Waals surface area contributed by atoms with Crippen molar-refractivity contribution in [3.63, 3.8) is 0 Å². The third kappa shape index (κ3) is 0.966. The first-order chi connectivity index (χ1) is 5.68. The fourth-order valence-corrected chi connectivity index (χ4v) is 1.82. The zero-order chi connectivity index (χ0) is 8.77. The van der Waals surface area contributed by atoms with Gasteiger partial charge in [-0.3, -0.25) is 4.68 Å². The minimum absolute atomic E-state index is 0.274. The van der Waals surface area contributed by atoms with Crippen LogP contribution in [0.4, 0.5) is 0 Å². The third-order valence-electron chi connectivity index (χ3n) is 2.79. The summed E-state index contributed by atoms with van der Waals surface area (Å²) in [7, 11) is 2.00. The van der Waals surface area contributed by atoms with Gasteiger partial charge >= 0.3 is 0 Å². The van der Waals surface area contributed by atoms with E-state index in [1.165, 1.54) is 18.5 Å². The molecule has 1 aromatic rings. The van der Waals surface area contributed by atoms with E-state index in [0.717, 1.165) is 12.2 Å². The Morgan fingerprint density at radius 2 is 2.33 bits per heavy atom. The lowest BCUT2D eigenvalue weighted by molar-refractivity contribution is 0.601. The molecule has 1 aliphatic carbocycles. The monoisotopic (exact) mass is 165 g/mol. The molecule has 0 amide bonds. The van der Waals surface area contributed by atoms with Crippen LogP contribution < -0.4 is 5.73 Å². The molecule has 1 fully saturated rings. The highest BCUT2D eigenvalue weighted by atomic mass is 15.3. The van der Waals surface area contributed by atoms with E-state index in [1.54, 1.807) is 0 Å². The smallest absolute Gasteiger partial charge is 0.0596 e. The van der Waals surface area contributed by atoms with Crippen molar-refractivity contribution in [1.29, 1.82) is 0 Å². The van der Waals surface area contributed by atoms with Crippen molar-refractivity contribution in [3.8, 4) is 0 Å². The molecule has 0 spiro atoms. The summed E-state index contributed by atoms with van der Waals surface area (Å²) in [6.07, 6.45) is 2.45. The van der Waals surface area contributed by atoms with E-state index in [2.05, 4.69) is 11.2 Å². The zero-order valence-electron chi connectivity index (χ0n) is 7.67. The second kappa shape index (κ2) is 2.33. The number of nitrogens with two attached hydrogens (primary N) is 1. The summed E-state index contributed by atoms with van der Waals surface area (Å²) in [5, 5.41) is 4.33. The number of nitrogens with zero attached hydrogens (tertiary/aromatic N) is 2. The molecule has 3 heteroatoms. The van der Waals surface area contributed by atoms with Crippen LogP contribution in [0.15, 0.2) is 6.07 Å². The molecule has 0 unspecified atom stereocenters. The fourth-order valence-electron chi connectivity index (χ4n) is 1.82. The van der Waals surface area contributed by atoms with Gasteiger partial charge in [-0.1, -0.05) is 0 Å². The Morgan fingerprint density at radius 3 is 2.67 bits per heavy atom. The zero-order valence-corrected chi connectivity index (χ0v) is 7.67. The van der Waals surface area contributed by atoms with Crippen LogP contribution >= 0.6 is 0 Å². The standard InChI is InChI=1S/C9H15N3/c1-7-5-8(12(2)11-7)9(6-10)3-4-9/h5H,3-4,6,10H2,1-2H3. The minimum Gasteiger partial charge on any atom is -0.330 e. The largest absolute Gasteiger partial charge is 0.330 e. The van der Waals surface area contributed by atoms with Crippen LogP contribution in [0, 0.1) is 6.92 Å². The number of aryl methyl sites for hydroxylation is 2. The molecule has 12 heavy (non-hydrogen) atoms. The van der Waals surface area contributed by atoms with Gasteiger partial charge in [0.1, 0.15) is 0 Å². The molecule has 3 nitrogen and oxygen atoms in total. The van der Waals surface area contributed by atoms with Gasteiger partial charge in [0, 0.05) is 24.7 Å². The van der Waals surface area contributed by atoms with Gasteiger partial charge in [0.05, 0.1) is 5.69 Å². The van der Waals surface area contributed by atoms with Crippen LogP contribution in [0.1, 0.15) is 24.2 Å². The van der Waals surface area contributed by atoms with Crippen LogP contribution in [0.25, 0.3) is 0 Å². The van der Waals surface area contributed by atoms with Gasteiger partial charge in [-0.15, -0.1) is 0 Å². The fraction of sp³-hybridized carbons (Fsp3) is 0.667. The van der Waals surface area contributed by atoms with E-state index in [-0.39, 0.29) is 5.41 Å². The van der Waals surface area contributed by atoms with Gasteiger partial charge in [-0.05, 0) is 25.8 Å². The van der Waals surface area contributed by atoms with Crippen molar-refractivity contribution < 1.29 is 0 Å². The van der Waals surface area contributed by atoms with Crippen molar-refractivity contribution in [2.75, 3.05) is 6.54 Å². The van der Waals surface area contributed by atoms with E-state index < -0.39 is 0 Å². The molecule has 0 aromatic carbocycles. The predicted molar refractivity (Wildman–Crippen MR) is 47.9 cm³/mol. The number of rotatable bonds is 2. The summed E-state index contributed by atoms with van der Waals surface area (Å²) >= 11 is 0. The van der Waals surface area contributed by atoms with Gasteiger partial charge in [-0.2, -0.15) is 5.10 Å². The lowest BCUT2D eigenvalue weighted by atomic mass is 10.0. The highest BCUT2D eigenvalue weighted by molar-refractivity contribution is 5.27. The summed E-state index contributed by atoms with van der Waals surface area (Å²) in [4.78, 5) is 0. The lowest BCUT2D eigenvalue weighted by Gasteiger charge is -2.11. The Balaban J connectivity index is 2.39. The first-order valence-electron chi connectivity index (χ1n) is 4.39. The Morgan fingerprint density at radius 1 is 1.67 bits per heavy atom. The van der Waals surface area contributed by atoms with Crippen LogP contribution in [0.2, 0.25) is 0 Å². The van der Waals surface area contributed by atoms with E-state index in [4.69, 9.17) is 5.73 Å². The average molecular weight is 165 g/mol. The molecular formula is C9H15N3. The maximum absolute atomic E-state index is 5.74. The Bertz CT molecular complexity index is 297. The number of hydrogen-bond donors (Lipinski definition) is 1. The summed E-state index contributed by atoms with van der Waals surface area (Å²) in [6, 6.07) is 2.15. The van der Waals surface area contributed by atoms with E-state index in [0.29, 0.717) is 0 Å². The quantitative estimate of drug-likeness (QED) is 0.701. The Labute approximate surface area is 72.6 Å². The van der Waals surface area contributed by atoms with Crippen molar-refractivity contribution in [3.05, 3.63) is 17.5 Å². The van der Waals surface area contributed by atoms with Crippen molar-refractivity contribution in [2.45, 2.75) is 25.2 Å². The SMILES string of the molecule is Cc1cc(C2(CN)CC2)n(C)n1. The maximum atomic E-state index is 5.74. The van der Waals surface area contributed by atoms with Crippen LogP contribution in [-0.2, 0) is 12.5 Å². The van der Waals surface area contributed by atoms with Gasteiger partial charge in [0.2, 0.25) is 0 Å². The molecule has 2 rings (SSSR count). The lowest BCUT2D eigenvalue weighted by Crippen LogP contribution is -2.22. The Kier molecular flexibility index (Phi) is 1.51.